The van der Waals surface area contributed by atoms with Crippen molar-refractivity contribution in [1.82, 2.24) is 15.0 Å². The van der Waals surface area contributed by atoms with Crippen LogP contribution in [0, 0.1) is 11.3 Å². The van der Waals surface area contributed by atoms with Crippen LogP contribution in [0.5, 0.6) is 0 Å². The molecule has 4 nitrogen and oxygen atoms in total. The van der Waals surface area contributed by atoms with E-state index in [2.05, 4.69) is 21.0 Å². The van der Waals surface area contributed by atoms with Gasteiger partial charge in [-0.05, 0) is 37.5 Å². The fraction of sp³-hybridized carbons (Fsp3) is 0.286. The van der Waals surface area contributed by atoms with E-state index in [0.717, 1.165) is 30.7 Å². The molecule has 0 radical (unpaired) electrons. The maximum Gasteiger partial charge on any atom is 0.149 e. The van der Waals surface area contributed by atoms with E-state index in [0.29, 0.717) is 5.82 Å². The molecule has 0 saturated heterocycles. The quantitative estimate of drug-likeness (QED) is 0.803. The number of hydrogen-bond donors (Lipinski definition) is 0. The van der Waals surface area contributed by atoms with Crippen LogP contribution in [0.2, 0.25) is 0 Å². The normalized spacial score (nSPS) is 16.6. The zero-order valence-electron chi connectivity index (χ0n) is 9.87. The van der Waals surface area contributed by atoms with E-state index in [9.17, 15) is 5.26 Å². The highest BCUT2D eigenvalue weighted by molar-refractivity contribution is 5.53. The van der Waals surface area contributed by atoms with E-state index in [1.807, 2.05) is 24.3 Å². The Balaban J connectivity index is 2.03. The largest absolute Gasteiger partial charge is 0.255 e. The minimum absolute atomic E-state index is 0.467. The molecule has 2 aromatic heterocycles. The summed E-state index contributed by atoms with van der Waals surface area (Å²) >= 11 is 0. The maximum atomic E-state index is 9.31. The SMILES string of the molecule is N#CC1(c2nccc(-c3ccccn3)n2)CCC1. The molecule has 0 spiro atoms. The average Bonchev–Trinajstić information content (AvgIpc) is 2.40. The molecule has 4 heteroatoms. The van der Waals surface area contributed by atoms with Crippen LogP contribution in [0.4, 0.5) is 0 Å². The lowest BCUT2D eigenvalue weighted by Crippen LogP contribution is -2.34. The molecule has 0 N–H and O–H groups in total. The molecule has 0 unspecified atom stereocenters. The second-order valence-corrected chi connectivity index (χ2v) is 4.53. The molecule has 0 atom stereocenters. The summed E-state index contributed by atoms with van der Waals surface area (Å²) < 4.78 is 0. The first-order valence-corrected chi connectivity index (χ1v) is 6.00. The smallest absolute Gasteiger partial charge is 0.149 e. The topological polar surface area (TPSA) is 62.5 Å². The van der Waals surface area contributed by atoms with Crippen molar-refractivity contribution in [2.24, 2.45) is 0 Å². The Kier molecular flexibility index (Phi) is 2.52. The van der Waals surface area contributed by atoms with E-state index in [1.54, 1.807) is 12.4 Å². The number of rotatable bonds is 2. The van der Waals surface area contributed by atoms with Crippen molar-refractivity contribution in [3.05, 3.63) is 42.5 Å². The Morgan fingerprint density at radius 2 is 1.94 bits per heavy atom. The van der Waals surface area contributed by atoms with E-state index in [-0.39, 0.29) is 0 Å². The fourth-order valence-corrected chi connectivity index (χ4v) is 2.16. The number of aromatic nitrogens is 3. The van der Waals surface area contributed by atoms with Crippen LogP contribution in [0.3, 0.4) is 0 Å². The molecule has 1 saturated carbocycles. The summed E-state index contributed by atoms with van der Waals surface area (Å²) in [6, 6.07) is 9.90. The molecular weight excluding hydrogens is 224 g/mol. The Morgan fingerprint density at radius 3 is 2.56 bits per heavy atom. The maximum absolute atomic E-state index is 9.31. The Labute approximate surface area is 105 Å². The van der Waals surface area contributed by atoms with Gasteiger partial charge in [-0.1, -0.05) is 6.07 Å². The Hall–Kier alpha value is -2.28. The molecule has 1 fully saturated rings. The first kappa shape index (κ1) is 10.8. The first-order chi connectivity index (χ1) is 8.84. The fourth-order valence-electron chi connectivity index (χ4n) is 2.16. The third-order valence-corrected chi connectivity index (χ3v) is 3.43. The standard InChI is InChI=1S/C14H12N4/c15-10-14(6-3-7-14)13-17-9-5-12(18-13)11-4-1-2-8-16-11/h1-2,4-5,8-9H,3,6-7H2. The highest BCUT2D eigenvalue weighted by Gasteiger charge is 2.41. The molecule has 18 heavy (non-hydrogen) atoms. The molecule has 1 aliphatic rings. The molecular formula is C14H12N4. The summed E-state index contributed by atoms with van der Waals surface area (Å²) in [5, 5.41) is 9.31. The van der Waals surface area contributed by atoms with E-state index in [4.69, 9.17) is 0 Å². The molecule has 0 bridgehead atoms. The Morgan fingerprint density at radius 1 is 1.06 bits per heavy atom. The predicted molar refractivity (Wildman–Crippen MR) is 66.4 cm³/mol. The van der Waals surface area contributed by atoms with Crippen LogP contribution in [-0.4, -0.2) is 15.0 Å². The van der Waals surface area contributed by atoms with Gasteiger partial charge in [-0.2, -0.15) is 5.26 Å². The van der Waals surface area contributed by atoms with E-state index < -0.39 is 5.41 Å². The van der Waals surface area contributed by atoms with Crippen LogP contribution in [0.1, 0.15) is 25.1 Å². The van der Waals surface area contributed by atoms with Crippen LogP contribution in [-0.2, 0) is 5.41 Å². The highest BCUT2D eigenvalue weighted by atomic mass is 14.9. The van der Waals surface area contributed by atoms with Crippen LogP contribution < -0.4 is 0 Å². The van der Waals surface area contributed by atoms with E-state index in [1.165, 1.54) is 0 Å². The lowest BCUT2D eigenvalue weighted by Gasteiger charge is -2.33. The zero-order valence-corrected chi connectivity index (χ0v) is 9.87. The average molecular weight is 236 g/mol. The highest BCUT2D eigenvalue weighted by Crippen LogP contribution is 2.41. The summed E-state index contributed by atoms with van der Waals surface area (Å²) in [6.45, 7) is 0. The third-order valence-electron chi connectivity index (χ3n) is 3.43. The van der Waals surface area contributed by atoms with Crippen molar-refractivity contribution in [2.45, 2.75) is 24.7 Å². The molecule has 1 aliphatic carbocycles. The molecule has 3 rings (SSSR count). The number of pyridine rings is 1. The van der Waals surface area contributed by atoms with Gasteiger partial charge in [-0.25, -0.2) is 9.97 Å². The van der Waals surface area contributed by atoms with Crippen molar-refractivity contribution >= 4 is 0 Å². The van der Waals surface area contributed by atoms with Crippen molar-refractivity contribution in [3.63, 3.8) is 0 Å². The van der Waals surface area contributed by atoms with Gasteiger partial charge in [0.25, 0.3) is 0 Å². The van der Waals surface area contributed by atoms with Crippen LogP contribution >= 0.6 is 0 Å². The predicted octanol–water partition coefficient (Wildman–Crippen LogP) is 2.48. The first-order valence-electron chi connectivity index (χ1n) is 6.00. The van der Waals surface area contributed by atoms with Gasteiger partial charge in [0, 0.05) is 12.4 Å². The van der Waals surface area contributed by atoms with Gasteiger partial charge in [0.2, 0.25) is 0 Å². The van der Waals surface area contributed by atoms with Crippen molar-refractivity contribution < 1.29 is 0 Å². The van der Waals surface area contributed by atoms with Crippen molar-refractivity contribution in [2.75, 3.05) is 0 Å². The summed E-state index contributed by atoms with van der Waals surface area (Å²) in [6.07, 6.45) is 6.24. The third kappa shape index (κ3) is 1.65. The molecule has 0 amide bonds. The summed E-state index contributed by atoms with van der Waals surface area (Å²) in [4.78, 5) is 13.0. The molecule has 2 heterocycles. The molecule has 0 aromatic carbocycles. The van der Waals surface area contributed by atoms with Crippen molar-refractivity contribution in [1.29, 1.82) is 5.26 Å². The van der Waals surface area contributed by atoms with Gasteiger partial charge >= 0.3 is 0 Å². The molecule has 2 aromatic rings. The number of nitrogens with zero attached hydrogens (tertiary/aromatic N) is 4. The van der Waals surface area contributed by atoms with Gasteiger partial charge < -0.3 is 0 Å². The summed E-state index contributed by atoms with van der Waals surface area (Å²) in [7, 11) is 0. The number of nitriles is 1. The minimum Gasteiger partial charge on any atom is -0.255 e. The van der Waals surface area contributed by atoms with Crippen LogP contribution in [0.15, 0.2) is 36.7 Å². The molecule has 0 aliphatic heterocycles. The lowest BCUT2D eigenvalue weighted by atomic mass is 9.69. The minimum atomic E-state index is -0.467. The van der Waals surface area contributed by atoms with Crippen molar-refractivity contribution in [3.8, 4) is 17.5 Å². The monoisotopic (exact) mass is 236 g/mol. The second kappa shape index (κ2) is 4.19. The van der Waals surface area contributed by atoms with Gasteiger partial charge in [0.05, 0.1) is 17.5 Å². The lowest BCUT2D eigenvalue weighted by molar-refractivity contribution is 0.307. The van der Waals surface area contributed by atoms with E-state index >= 15 is 0 Å². The zero-order chi connectivity index (χ0) is 12.4. The summed E-state index contributed by atoms with van der Waals surface area (Å²) in [5.74, 6) is 0.638. The second-order valence-electron chi connectivity index (χ2n) is 4.53. The van der Waals surface area contributed by atoms with Gasteiger partial charge in [0.1, 0.15) is 11.2 Å². The van der Waals surface area contributed by atoms with Gasteiger partial charge in [-0.15, -0.1) is 0 Å². The van der Waals surface area contributed by atoms with Gasteiger partial charge in [-0.3, -0.25) is 4.98 Å². The summed E-state index contributed by atoms with van der Waals surface area (Å²) in [5.41, 5.74) is 1.13. The van der Waals surface area contributed by atoms with Gasteiger partial charge in [0.15, 0.2) is 0 Å². The number of hydrogen-bond acceptors (Lipinski definition) is 4. The molecule has 88 valence electrons. The van der Waals surface area contributed by atoms with Crippen LogP contribution in [0.25, 0.3) is 11.4 Å². The Bertz CT molecular complexity index is 597.